The summed E-state index contributed by atoms with van der Waals surface area (Å²) in [4.78, 5) is 0.249. The van der Waals surface area contributed by atoms with E-state index in [2.05, 4.69) is 9.82 Å². The maximum Gasteiger partial charge on any atom is 0.262 e. The first-order valence-corrected chi connectivity index (χ1v) is 10.9. The van der Waals surface area contributed by atoms with E-state index in [1.165, 1.54) is 0 Å². The van der Waals surface area contributed by atoms with Crippen LogP contribution >= 0.6 is 23.2 Å². The molecule has 148 valence electrons. The number of hydrogen-bond donors (Lipinski definition) is 1. The minimum Gasteiger partial charge on any atom is -0.276 e. The molecule has 1 N–H and O–H groups in total. The highest BCUT2D eigenvalue weighted by Crippen LogP contribution is 2.29. The van der Waals surface area contributed by atoms with E-state index in [1.807, 2.05) is 19.9 Å². The van der Waals surface area contributed by atoms with Gasteiger partial charge in [0.25, 0.3) is 10.0 Å². The van der Waals surface area contributed by atoms with Crippen molar-refractivity contribution in [1.29, 1.82) is 0 Å². The van der Waals surface area contributed by atoms with Gasteiger partial charge in [0.1, 0.15) is 0 Å². The lowest BCUT2D eigenvalue weighted by atomic mass is 10.2. The van der Waals surface area contributed by atoms with E-state index in [9.17, 15) is 8.42 Å². The molecule has 0 bridgehead atoms. The van der Waals surface area contributed by atoms with E-state index in [1.54, 1.807) is 48.9 Å². The molecule has 1 aromatic heterocycles. The molecule has 28 heavy (non-hydrogen) atoms. The van der Waals surface area contributed by atoms with E-state index < -0.39 is 10.0 Å². The maximum absolute atomic E-state index is 12.9. The van der Waals surface area contributed by atoms with Crippen LogP contribution in [0.15, 0.2) is 41.3 Å². The first kappa shape index (κ1) is 20.7. The summed E-state index contributed by atoms with van der Waals surface area (Å²) in [6, 6.07) is 10.5. The summed E-state index contributed by atoms with van der Waals surface area (Å²) in [6.07, 6.45) is 0. The highest BCUT2D eigenvalue weighted by atomic mass is 35.5. The van der Waals surface area contributed by atoms with Crippen LogP contribution in [0, 0.1) is 27.7 Å². The molecule has 0 fully saturated rings. The van der Waals surface area contributed by atoms with Crippen LogP contribution in [-0.2, 0) is 16.6 Å². The Morgan fingerprint density at radius 1 is 1.04 bits per heavy atom. The molecule has 1 heterocycles. The fourth-order valence-electron chi connectivity index (χ4n) is 3.12. The largest absolute Gasteiger partial charge is 0.276 e. The van der Waals surface area contributed by atoms with Crippen LogP contribution in [0.1, 0.15) is 28.1 Å². The molecule has 3 rings (SSSR count). The average molecular weight is 438 g/mol. The Balaban J connectivity index is 1.96. The molecule has 0 spiro atoms. The molecule has 8 heteroatoms. The Labute approximate surface area is 175 Å². The van der Waals surface area contributed by atoms with Crippen LogP contribution in [0.4, 0.5) is 5.69 Å². The van der Waals surface area contributed by atoms with Gasteiger partial charge in [0.05, 0.1) is 28.5 Å². The molecule has 0 radical (unpaired) electrons. The van der Waals surface area contributed by atoms with E-state index in [0.717, 1.165) is 11.1 Å². The van der Waals surface area contributed by atoms with Gasteiger partial charge in [0.15, 0.2) is 0 Å². The van der Waals surface area contributed by atoms with Crippen molar-refractivity contribution >= 4 is 38.9 Å². The van der Waals surface area contributed by atoms with Crippen LogP contribution < -0.4 is 4.72 Å². The van der Waals surface area contributed by atoms with Crippen molar-refractivity contribution in [3.8, 4) is 0 Å². The number of benzene rings is 2. The van der Waals surface area contributed by atoms with Crippen LogP contribution in [0.25, 0.3) is 0 Å². The summed E-state index contributed by atoms with van der Waals surface area (Å²) < 4.78 is 30.2. The van der Waals surface area contributed by atoms with Gasteiger partial charge in [-0.1, -0.05) is 47.0 Å². The van der Waals surface area contributed by atoms with Crippen LogP contribution in [0.5, 0.6) is 0 Å². The second kappa shape index (κ2) is 7.78. The molecule has 0 aliphatic rings. The third-order valence-electron chi connectivity index (χ3n) is 4.61. The highest BCUT2D eigenvalue weighted by molar-refractivity contribution is 7.92. The summed E-state index contributed by atoms with van der Waals surface area (Å²) in [5.41, 5.74) is 4.16. The van der Waals surface area contributed by atoms with Crippen molar-refractivity contribution in [2.45, 2.75) is 39.1 Å². The van der Waals surface area contributed by atoms with E-state index >= 15 is 0 Å². The number of aromatic nitrogens is 2. The Bertz CT molecular complexity index is 1130. The van der Waals surface area contributed by atoms with Crippen LogP contribution in [0.3, 0.4) is 0 Å². The predicted octanol–water partition coefficient (Wildman–Crippen LogP) is 5.27. The summed E-state index contributed by atoms with van der Waals surface area (Å²) in [5, 5.41) is 5.55. The Kier molecular flexibility index (Phi) is 5.75. The van der Waals surface area contributed by atoms with Gasteiger partial charge in [-0.25, -0.2) is 8.42 Å². The Morgan fingerprint density at radius 3 is 2.29 bits per heavy atom. The Hall–Kier alpha value is -2.02. The zero-order valence-electron chi connectivity index (χ0n) is 16.0. The third-order valence-corrected chi connectivity index (χ3v) is 6.83. The monoisotopic (exact) mass is 437 g/mol. The molecule has 0 unspecified atom stereocenters. The molecule has 0 saturated heterocycles. The number of sulfonamides is 1. The fourth-order valence-corrected chi connectivity index (χ4v) is 5.04. The summed E-state index contributed by atoms with van der Waals surface area (Å²) in [5.74, 6) is 0. The number of nitrogens with zero attached hydrogens (tertiary/aromatic N) is 2. The number of rotatable bonds is 5. The zero-order valence-corrected chi connectivity index (χ0v) is 18.4. The maximum atomic E-state index is 12.9. The molecular weight excluding hydrogens is 417 g/mol. The van der Waals surface area contributed by atoms with Crippen molar-refractivity contribution in [2.75, 3.05) is 4.72 Å². The van der Waals surface area contributed by atoms with Gasteiger partial charge in [0.2, 0.25) is 0 Å². The van der Waals surface area contributed by atoms with Gasteiger partial charge in [0, 0.05) is 15.6 Å². The highest BCUT2D eigenvalue weighted by Gasteiger charge is 2.22. The number of halogens is 2. The van der Waals surface area contributed by atoms with E-state index in [0.29, 0.717) is 39.2 Å². The summed E-state index contributed by atoms with van der Waals surface area (Å²) >= 11 is 12.5. The van der Waals surface area contributed by atoms with Gasteiger partial charge in [-0.05, 0) is 51.5 Å². The van der Waals surface area contributed by atoms with Gasteiger partial charge in [-0.3, -0.25) is 9.40 Å². The normalized spacial score (nSPS) is 11.6. The molecule has 0 amide bonds. The third kappa shape index (κ3) is 4.04. The number of anilines is 1. The number of hydrogen-bond acceptors (Lipinski definition) is 3. The average Bonchev–Trinajstić information content (AvgIpc) is 2.85. The molecule has 3 aromatic rings. The molecule has 0 atom stereocenters. The predicted molar refractivity (Wildman–Crippen MR) is 114 cm³/mol. The standard InChI is InChI=1S/C20H21Cl2N3O2S/c1-12-8-9-19(13(2)10-12)28(26,27)24-20-14(3)23-25(15(20)4)11-16-17(21)6-5-7-18(16)22/h5-10,24H,11H2,1-4H3. The molecule has 5 nitrogen and oxygen atoms in total. The van der Waals surface area contributed by atoms with Gasteiger partial charge < -0.3 is 0 Å². The quantitative estimate of drug-likeness (QED) is 0.590. The number of nitrogens with one attached hydrogen (secondary N) is 1. The topological polar surface area (TPSA) is 64.0 Å². The van der Waals surface area contributed by atoms with Gasteiger partial charge in [-0.2, -0.15) is 5.10 Å². The van der Waals surface area contributed by atoms with Gasteiger partial charge >= 0.3 is 0 Å². The first-order chi connectivity index (χ1) is 13.1. The van der Waals surface area contributed by atoms with Crippen LogP contribution in [0.2, 0.25) is 10.0 Å². The smallest absolute Gasteiger partial charge is 0.262 e. The lowest BCUT2D eigenvalue weighted by molar-refractivity contribution is 0.600. The first-order valence-electron chi connectivity index (χ1n) is 8.67. The molecule has 0 aliphatic carbocycles. The SMILES string of the molecule is Cc1ccc(S(=O)(=O)Nc2c(C)nn(Cc3c(Cl)cccc3Cl)c2C)c(C)c1. The Morgan fingerprint density at radius 2 is 1.68 bits per heavy atom. The second-order valence-electron chi connectivity index (χ2n) is 6.78. The zero-order chi connectivity index (χ0) is 20.6. The van der Waals surface area contributed by atoms with Crippen LogP contribution in [-0.4, -0.2) is 18.2 Å². The molecule has 2 aromatic carbocycles. The molecular formula is C20H21Cl2N3O2S. The molecule has 0 aliphatic heterocycles. The van der Waals surface area contributed by atoms with Crippen molar-refractivity contribution in [3.05, 3.63) is 74.5 Å². The van der Waals surface area contributed by atoms with E-state index in [4.69, 9.17) is 23.2 Å². The van der Waals surface area contributed by atoms with Crippen molar-refractivity contribution in [3.63, 3.8) is 0 Å². The second-order valence-corrected chi connectivity index (χ2v) is 9.24. The van der Waals surface area contributed by atoms with Gasteiger partial charge in [-0.15, -0.1) is 0 Å². The fraction of sp³-hybridized carbons (Fsp3) is 0.250. The minimum absolute atomic E-state index is 0.249. The van der Waals surface area contributed by atoms with Crippen molar-refractivity contribution in [2.24, 2.45) is 0 Å². The summed E-state index contributed by atoms with van der Waals surface area (Å²) in [7, 11) is -3.74. The molecule has 0 saturated carbocycles. The lowest BCUT2D eigenvalue weighted by Gasteiger charge is -2.12. The summed E-state index contributed by atoms with van der Waals surface area (Å²) in [6.45, 7) is 7.62. The minimum atomic E-state index is -3.74. The number of aryl methyl sites for hydroxylation is 3. The lowest BCUT2D eigenvalue weighted by Crippen LogP contribution is -2.15. The van der Waals surface area contributed by atoms with Crippen molar-refractivity contribution < 1.29 is 8.42 Å². The van der Waals surface area contributed by atoms with Crippen molar-refractivity contribution in [1.82, 2.24) is 9.78 Å². The van der Waals surface area contributed by atoms with E-state index in [-0.39, 0.29) is 4.90 Å².